The summed E-state index contributed by atoms with van der Waals surface area (Å²) in [5.74, 6) is 1.67. The zero-order chi connectivity index (χ0) is 14.1. The third-order valence-electron chi connectivity index (χ3n) is 4.16. The number of rotatable bonds is 4. The molecule has 1 unspecified atom stereocenters. The summed E-state index contributed by atoms with van der Waals surface area (Å²) in [6.07, 6.45) is 4.93. The Kier molecular flexibility index (Phi) is 3.97. The predicted molar refractivity (Wildman–Crippen MR) is 72.7 cm³/mol. The third-order valence-corrected chi connectivity index (χ3v) is 4.16. The maximum Gasteiger partial charge on any atom is 0.229 e. The van der Waals surface area contributed by atoms with Crippen LogP contribution in [0.3, 0.4) is 0 Å². The number of nitrogens with zero attached hydrogens (tertiary/aromatic N) is 2. The lowest BCUT2D eigenvalue weighted by molar-refractivity contribution is 0.0610. The van der Waals surface area contributed by atoms with Gasteiger partial charge in [0.25, 0.3) is 0 Å². The van der Waals surface area contributed by atoms with Gasteiger partial charge in [-0.15, -0.1) is 0 Å². The monoisotopic (exact) mass is 267 g/mol. The van der Waals surface area contributed by atoms with Crippen molar-refractivity contribution in [2.45, 2.75) is 64.4 Å². The van der Waals surface area contributed by atoms with E-state index in [0.29, 0.717) is 23.6 Å². The summed E-state index contributed by atoms with van der Waals surface area (Å²) in [7, 11) is 0. The first kappa shape index (κ1) is 14.5. The zero-order valence-corrected chi connectivity index (χ0v) is 12.1. The molecule has 1 aliphatic rings. The molecule has 1 atom stereocenters. The Morgan fingerprint density at radius 3 is 2.63 bits per heavy atom. The second-order valence-corrected chi connectivity index (χ2v) is 6.86. The Balaban J connectivity index is 1.98. The molecule has 0 amide bonds. The molecule has 108 valence electrons. The highest BCUT2D eigenvalue weighted by Crippen LogP contribution is 2.41. The van der Waals surface area contributed by atoms with Gasteiger partial charge >= 0.3 is 0 Å². The second-order valence-electron chi connectivity index (χ2n) is 6.86. The van der Waals surface area contributed by atoms with Crippen molar-refractivity contribution in [2.75, 3.05) is 6.54 Å². The molecule has 5 nitrogen and oxygen atoms in total. The molecule has 1 saturated carbocycles. The molecule has 1 fully saturated rings. The number of aliphatic hydroxyl groups is 1. The molecular weight excluding hydrogens is 242 g/mol. The molecule has 1 aliphatic carbocycles. The summed E-state index contributed by atoms with van der Waals surface area (Å²) in [5, 5.41) is 14.0. The van der Waals surface area contributed by atoms with Crippen molar-refractivity contribution < 1.29 is 9.63 Å². The number of aromatic nitrogens is 2. The normalized spacial score (nSPS) is 23.2. The van der Waals surface area contributed by atoms with Gasteiger partial charge in [0.05, 0.1) is 12.0 Å². The minimum Gasteiger partial charge on any atom is -0.388 e. The van der Waals surface area contributed by atoms with Crippen LogP contribution in [0.4, 0.5) is 0 Å². The maximum atomic E-state index is 9.91. The van der Waals surface area contributed by atoms with Crippen molar-refractivity contribution in [3.63, 3.8) is 0 Å². The highest BCUT2D eigenvalue weighted by molar-refractivity contribution is 5.00. The van der Waals surface area contributed by atoms with Gasteiger partial charge in [-0.25, -0.2) is 0 Å². The molecule has 0 aromatic carbocycles. The van der Waals surface area contributed by atoms with Crippen LogP contribution in [-0.2, 0) is 6.42 Å². The molecule has 0 saturated heterocycles. The third kappa shape index (κ3) is 3.76. The van der Waals surface area contributed by atoms with E-state index in [9.17, 15) is 5.11 Å². The fourth-order valence-electron chi connectivity index (χ4n) is 2.56. The molecule has 0 spiro atoms. The summed E-state index contributed by atoms with van der Waals surface area (Å²) >= 11 is 0. The van der Waals surface area contributed by atoms with E-state index in [2.05, 4.69) is 24.0 Å². The highest BCUT2D eigenvalue weighted by Gasteiger charge is 2.31. The smallest absolute Gasteiger partial charge is 0.229 e. The summed E-state index contributed by atoms with van der Waals surface area (Å²) in [6, 6.07) is 0. The topological polar surface area (TPSA) is 85.2 Å². The van der Waals surface area contributed by atoms with Crippen molar-refractivity contribution in [1.82, 2.24) is 10.1 Å². The van der Waals surface area contributed by atoms with Crippen LogP contribution in [0.15, 0.2) is 4.52 Å². The quantitative estimate of drug-likeness (QED) is 0.871. The van der Waals surface area contributed by atoms with Crippen molar-refractivity contribution in [2.24, 2.45) is 11.1 Å². The van der Waals surface area contributed by atoms with E-state index in [-0.39, 0.29) is 6.54 Å². The first-order valence-electron chi connectivity index (χ1n) is 7.06. The average molecular weight is 267 g/mol. The van der Waals surface area contributed by atoms with Gasteiger partial charge in [0.1, 0.15) is 0 Å². The molecule has 0 aliphatic heterocycles. The predicted octanol–water partition coefficient (Wildman–Crippen LogP) is 2.01. The van der Waals surface area contributed by atoms with E-state index in [1.54, 1.807) is 6.92 Å². The maximum absolute atomic E-state index is 9.91. The van der Waals surface area contributed by atoms with Crippen LogP contribution in [0.25, 0.3) is 0 Å². The Labute approximate surface area is 114 Å². The van der Waals surface area contributed by atoms with Gasteiger partial charge in [-0.2, -0.15) is 4.98 Å². The summed E-state index contributed by atoms with van der Waals surface area (Å²) in [5.41, 5.74) is 4.96. The standard InChI is InChI=1S/C14H25N3O2/c1-13(2)6-4-10(5-7-13)12-16-11(19-17-12)8-14(3,18)9-15/h10,18H,4-9,15H2,1-3H3. The Bertz CT molecular complexity index is 416. The minimum absolute atomic E-state index is 0.183. The lowest BCUT2D eigenvalue weighted by Crippen LogP contribution is -2.36. The fourth-order valence-corrected chi connectivity index (χ4v) is 2.56. The van der Waals surface area contributed by atoms with Crippen molar-refractivity contribution in [3.8, 4) is 0 Å². The minimum atomic E-state index is -0.974. The molecular formula is C14H25N3O2. The van der Waals surface area contributed by atoms with E-state index in [1.165, 1.54) is 12.8 Å². The SMILES string of the molecule is CC1(C)CCC(c2noc(CC(C)(O)CN)n2)CC1. The Hall–Kier alpha value is -0.940. The van der Waals surface area contributed by atoms with Crippen LogP contribution >= 0.6 is 0 Å². The van der Waals surface area contributed by atoms with Gasteiger partial charge in [0.2, 0.25) is 5.89 Å². The van der Waals surface area contributed by atoms with Crippen LogP contribution < -0.4 is 5.73 Å². The number of nitrogens with two attached hydrogens (primary N) is 1. The molecule has 3 N–H and O–H groups in total. The van der Waals surface area contributed by atoms with Crippen molar-refractivity contribution >= 4 is 0 Å². The first-order chi connectivity index (χ1) is 8.81. The Morgan fingerprint density at radius 2 is 2.05 bits per heavy atom. The molecule has 1 aromatic rings. The van der Waals surface area contributed by atoms with Crippen LogP contribution in [0.1, 0.15) is 64.1 Å². The van der Waals surface area contributed by atoms with E-state index in [4.69, 9.17) is 10.3 Å². The molecule has 0 bridgehead atoms. The van der Waals surface area contributed by atoms with Crippen LogP contribution in [0.2, 0.25) is 0 Å². The van der Waals surface area contributed by atoms with Crippen LogP contribution in [0.5, 0.6) is 0 Å². The van der Waals surface area contributed by atoms with Gasteiger partial charge < -0.3 is 15.4 Å². The molecule has 1 aromatic heterocycles. The number of hydrogen-bond acceptors (Lipinski definition) is 5. The number of hydrogen-bond donors (Lipinski definition) is 2. The van der Waals surface area contributed by atoms with E-state index < -0.39 is 5.60 Å². The van der Waals surface area contributed by atoms with Gasteiger partial charge in [0, 0.05) is 12.5 Å². The Morgan fingerprint density at radius 1 is 1.42 bits per heavy atom. The van der Waals surface area contributed by atoms with Gasteiger partial charge in [-0.1, -0.05) is 19.0 Å². The largest absolute Gasteiger partial charge is 0.388 e. The van der Waals surface area contributed by atoms with E-state index >= 15 is 0 Å². The molecule has 1 heterocycles. The van der Waals surface area contributed by atoms with Gasteiger partial charge in [0.15, 0.2) is 5.82 Å². The van der Waals surface area contributed by atoms with Crippen molar-refractivity contribution in [1.29, 1.82) is 0 Å². The average Bonchev–Trinajstić information content (AvgIpc) is 2.77. The van der Waals surface area contributed by atoms with E-state index in [1.807, 2.05) is 0 Å². The lowest BCUT2D eigenvalue weighted by Gasteiger charge is -2.32. The summed E-state index contributed by atoms with van der Waals surface area (Å²) in [6.45, 7) is 6.48. The van der Waals surface area contributed by atoms with E-state index in [0.717, 1.165) is 18.7 Å². The van der Waals surface area contributed by atoms with Crippen LogP contribution in [0, 0.1) is 5.41 Å². The molecule has 19 heavy (non-hydrogen) atoms. The molecule has 5 heteroatoms. The molecule has 2 rings (SSSR count). The zero-order valence-electron chi connectivity index (χ0n) is 12.1. The van der Waals surface area contributed by atoms with Gasteiger partial charge in [-0.05, 0) is 38.0 Å². The highest BCUT2D eigenvalue weighted by atomic mass is 16.5. The van der Waals surface area contributed by atoms with Gasteiger partial charge in [-0.3, -0.25) is 0 Å². The van der Waals surface area contributed by atoms with Crippen LogP contribution in [-0.4, -0.2) is 27.4 Å². The lowest BCUT2D eigenvalue weighted by atomic mass is 9.73. The molecule has 0 radical (unpaired) electrons. The summed E-state index contributed by atoms with van der Waals surface area (Å²) < 4.78 is 5.23. The fraction of sp³-hybridized carbons (Fsp3) is 0.857. The second kappa shape index (κ2) is 5.21. The van der Waals surface area contributed by atoms with Crippen molar-refractivity contribution in [3.05, 3.63) is 11.7 Å². The first-order valence-corrected chi connectivity index (χ1v) is 7.06. The summed E-state index contributed by atoms with van der Waals surface area (Å²) in [4.78, 5) is 4.42.